The van der Waals surface area contributed by atoms with Crippen LogP contribution in [0.5, 0.6) is 0 Å². The van der Waals surface area contributed by atoms with Crippen LogP contribution in [0.2, 0.25) is 0 Å². The Morgan fingerprint density at radius 3 is 2.27 bits per heavy atom. The molecule has 2 aliphatic heterocycles. The summed E-state index contributed by atoms with van der Waals surface area (Å²) in [6, 6.07) is 7.99. The fourth-order valence-electron chi connectivity index (χ4n) is 3.17. The molecule has 0 unspecified atom stereocenters. The van der Waals surface area contributed by atoms with Crippen LogP contribution in [0.3, 0.4) is 0 Å². The van der Waals surface area contributed by atoms with Crippen molar-refractivity contribution in [3.8, 4) is 0 Å². The van der Waals surface area contributed by atoms with E-state index in [2.05, 4.69) is 22.3 Å². The number of piperidine rings is 1. The minimum absolute atomic E-state index is 0.140. The molecule has 0 atom stereocenters. The van der Waals surface area contributed by atoms with Gasteiger partial charge in [0.2, 0.25) is 0 Å². The summed E-state index contributed by atoms with van der Waals surface area (Å²) in [7, 11) is 0. The van der Waals surface area contributed by atoms with Gasteiger partial charge in [-0.1, -0.05) is 18.6 Å². The summed E-state index contributed by atoms with van der Waals surface area (Å²) in [6.07, 6.45) is 6.32. The number of likely N-dealkylation sites (tertiary alicyclic amines) is 1. The van der Waals surface area contributed by atoms with Crippen molar-refractivity contribution in [1.82, 2.24) is 4.90 Å². The van der Waals surface area contributed by atoms with Crippen LogP contribution in [0, 0.1) is 0 Å². The van der Waals surface area contributed by atoms with Gasteiger partial charge in [0.25, 0.3) is 5.79 Å². The van der Waals surface area contributed by atoms with E-state index in [0.29, 0.717) is 0 Å². The third-order valence-corrected chi connectivity index (χ3v) is 4.62. The highest BCUT2D eigenvalue weighted by molar-refractivity contribution is 6.15. The molecule has 2 saturated heterocycles. The molecule has 3 rings (SSSR count). The van der Waals surface area contributed by atoms with Gasteiger partial charge in [-0.25, -0.2) is 9.59 Å². The molecule has 1 N–H and O–H groups in total. The number of carbonyl (C=O) groups excluding carboxylic acids is 2. The third-order valence-electron chi connectivity index (χ3n) is 4.62. The molecule has 0 saturated carbocycles. The van der Waals surface area contributed by atoms with E-state index in [-0.39, 0.29) is 5.57 Å². The van der Waals surface area contributed by atoms with Gasteiger partial charge in [0.05, 0.1) is 0 Å². The number of rotatable bonds is 5. The summed E-state index contributed by atoms with van der Waals surface area (Å²) in [5.41, 5.74) is 1.93. The zero-order chi connectivity index (χ0) is 18.6. The zero-order valence-corrected chi connectivity index (χ0v) is 15.4. The van der Waals surface area contributed by atoms with Crippen molar-refractivity contribution < 1.29 is 19.1 Å². The number of carbonyl (C=O) groups is 2. The predicted octanol–water partition coefficient (Wildman–Crippen LogP) is 2.85. The minimum Gasteiger partial charge on any atom is -0.419 e. The second-order valence-electron chi connectivity index (χ2n) is 7.23. The SMILES string of the molecule is CC1(C)OC(=O)C(=CNc2ccc(CCN3CCCCC3)cc2)C(=O)O1. The highest BCUT2D eigenvalue weighted by Crippen LogP contribution is 2.22. The summed E-state index contributed by atoms with van der Waals surface area (Å²) < 4.78 is 10.1. The summed E-state index contributed by atoms with van der Waals surface area (Å²) in [6.45, 7) is 6.54. The number of nitrogens with one attached hydrogen (secondary N) is 1. The van der Waals surface area contributed by atoms with E-state index in [1.165, 1.54) is 58.0 Å². The Labute approximate surface area is 154 Å². The monoisotopic (exact) mass is 358 g/mol. The summed E-state index contributed by atoms with van der Waals surface area (Å²) in [4.78, 5) is 26.3. The van der Waals surface area contributed by atoms with Crippen molar-refractivity contribution in [3.05, 3.63) is 41.6 Å². The largest absolute Gasteiger partial charge is 0.419 e. The summed E-state index contributed by atoms with van der Waals surface area (Å²) in [5, 5.41) is 2.96. The van der Waals surface area contributed by atoms with Crippen LogP contribution in [-0.2, 0) is 25.5 Å². The molecule has 0 aromatic heterocycles. The molecule has 0 spiro atoms. The first kappa shape index (κ1) is 18.5. The van der Waals surface area contributed by atoms with Gasteiger partial charge >= 0.3 is 11.9 Å². The maximum absolute atomic E-state index is 11.9. The number of nitrogens with zero attached hydrogens (tertiary/aromatic N) is 1. The van der Waals surface area contributed by atoms with Crippen LogP contribution < -0.4 is 5.32 Å². The molecular weight excluding hydrogens is 332 g/mol. The zero-order valence-electron chi connectivity index (χ0n) is 15.4. The second kappa shape index (κ2) is 7.91. The van der Waals surface area contributed by atoms with Gasteiger partial charge in [0.15, 0.2) is 5.57 Å². The lowest BCUT2D eigenvalue weighted by atomic mass is 10.1. The molecule has 1 aromatic rings. The number of benzene rings is 1. The fraction of sp³-hybridized carbons (Fsp3) is 0.500. The third kappa shape index (κ3) is 4.85. The van der Waals surface area contributed by atoms with E-state index in [4.69, 9.17) is 9.47 Å². The van der Waals surface area contributed by atoms with Crippen LogP contribution in [-0.4, -0.2) is 42.3 Å². The molecule has 6 nitrogen and oxygen atoms in total. The quantitative estimate of drug-likeness (QED) is 0.496. The number of hydrogen-bond donors (Lipinski definition) is 1. The van der Waals surface area contributed by atoms with Gasteiger partial charge in [-0.2, -0.15) is 0 Å². The van der Waals surface area contributed by atoms with E-state index < -0.39 is 17.7 Å². The lowest BCUT2D eigenvalue weighted by molar-refractivity contribution is -0.222. The van der Waals surface area contributed by atoms with Crippen LogP contribution in [0.4, 0.5) is 5.69 Å². The van der Waals surface area contributed by atoms with Gasteiger partial charge in [-0.05, 0) is 50.0 Å². The summed E-state index contributed by atoms with van der Waals surface area (Å²) >= 11 is 0. The van der Waals surface area contributed by atoms with E-state index in [0.717, 1.165) is 18.7 Å². The first-order chi connectivity index (χ1) is 12.4. The maximum Gasteiger partial charge on any atom is 0.350 e. The van der Waals surface area contributed by atoms with Crippen molar-refractivity contribution >= 4 is 17.6 Å². The van der Waals surface area contributed by atoms with Gasteiger partial charge in [0.1, 0.15) is 0 Å². The molecule has 0 bridgehead atoms. The molecule has 1 aromatic carbocycles. The number of ether oxygens (including phenoxy) is 2. The predicted molar refractivity (Wildman–Crippen MR) is 98.4 cm³/mol. The normalized spacial score (nSPS) is 20.3. The maximum atomic E-state index is 11.9. The molecule has 0 amide bonds. The first-order valence-electron chi connectivity index (χ1n) is 9.18. The Kier molecular flexibility index (Phi) is 5.61. The number of hydrogen-bond acceptors (Lipinski definition) is 6. The average molecular weight is 358 g/mol. The van der Waals surface area contributed by atoms with Gasteiger partial charge in [0, 0.05) is 32.3 Å². The summed E-state index contributed by atoms with van der Waals surface area (Å²) in [5.74, 6) is -2.59. The molecular formula is C20H26N2O4. The standard InChI is InChI=1S/C20H26N2O4/c1-20(2)25-18(23)17(19(24)26-20)14-21-16-8-6-15(7-9-16)10-13-22-11-4-3-5-12-22/h6-9,14,21H,3-5,10-13H2,1-2H3. The minimum atomic E-state index is -1.22. The van der Waals surface area contributed by atoms with Crippen LogP contribution in [0.25, 0.3) is 0 Å². The Morgan fingerprint density at radius 2 is 1.65 bits per heavy atom. The molecule has 2 aliphatic rings. The average Bonchev–Trinajstić information content (AvgIpc) is 2.60. The molecule has 140 valence electrons. The van der Waals surface area contributed by atoms with Crippen molar-refractivity contribution in [2.45, 2.75) is 45.3 Å². The Morgan fingerprint density at radius 1 is 1.04 bits per heavy atom. The molecule has 2 heterocycles. The van der Waals surface area contributed by atoms with Gasteiger partial charge in [-0.15, -0.1) is 0 Å². The number of esters is 2. The van der Waals surface area contributed by atoms with E-state index in [9.17, 15) is 9.59 Å². The second-order valence-corrected chi connectivity index (χ2v) is 7.23. The Hall–Kier alpha value is -2.34. The molecule has 26 heavy (non-hydrogen) atoms. The molecule has 0 aliphatic carbocycles. The van der Waals surface area contributed by atoms with Crippen LogP contribution in [0.15, 0.2) is 36.0 Å². The molecule has 2 fully saturated rings. The Bertz CT molecular complexity index is 666. The van der Waals surface area contributed by atoms with Crippen LogP contribution >= 0.6 is 0 Å². The van der Waals surface area contributed by atoms with Crippen molar-refractivity contribution in [2.75, 3.05) is 25.0 Å². The van der Waals surface area contributed by atoms with Crippen molar-refractivity contribution in [1.29, 1.82) is 0 Å². The Balaban J connectivity index is 1.54. The lowest BCUT2D eigenvalue weighted by Gasteiger charge is -2.29. The highest BCUT2D eigenvalue weighted by atomic mass is 16.7. The highest BCUT2D eigenvalue weighted by Gasteiger charge is 2.38. The van der Waals surface area contributed by atoms with Gasteiger partial charge in [-0.3, -0.25) is 0 Å². The lowest BCUT2D eigenvalue weighted by Crippen LogP contribution is -2.42. The van der Waals surface area contributed by atoms with Crippen molar-refractivity contribution in [3.63, 3.8) is 0 Å². The topological polar surface area (TPSA) is 67.9 Å². The van der Waals surface area contributed by atoms with E-state index in [1.54, 1.807) is 0 Å². The molecule has 6 heteroatoms. The van der Waals surface area contributed by atoms with E-state index >= 15 is 0 Å². The number of anilines is 1. The van der Waals surface area contributed by atoms with Gasteiger partial charge < -0.3 is 19.7 Å². The van der Waals surface area contributed by atoms with E-state index in [1.807, 2.05) is 12.1 Å². The first-order valence-corrected chi connectivity index (χ1v) is 9.18. The van der Waals surface area contributed by atoms with Crippen molar-refractivity contribution in [2.24, 2.45) is 0 Å². The fourth-order valence-corrected chi connectivity index (χ4v) is 3.17. The smallest absolute Gasteiger partial charge is 0.350 e. The molecule has 0 radical (unpaired) electrons. The van der Waals surface area contributed by atoms with Crippen LogP contribution in [0.1, 0.15) is 38.7 Å². The number of cyclic esters (lactones) is 2.